The molecule has 0 bridgehead atoms. The normalized spacial score (nSPS) is 19.6. The van der Waals surface area contributed by atoms with Crippen LogP contribution >= 0.6 is 0 Å². The molecule has 0 aliphatic carbocycles. The van der Waals surface area contributed by atoms with Gasteiger partial charge in [0.25, 0.3) is 0 Å². The van der Waals surface area contributed by atoms with Crippen LogP contribution in [0.3, 0.4) is 0 Å². The minimum Gasteiger partial charge on any atom is -0.268 e. The third-order valence-corrected chi connectivity index (χ3v) is 2.44. The molecule has 66 valence electrons. The average molecular weight is 171 g/mol. The van der Waals surface area contributed by atoms with Crippen LogP contribution in [-0.4, -0.2) is 6.21 Å². The Morgan fingerprint density at radius 3 is 3.00 bits per heavy atom. The lowest BCUT2D eigenvalue weighted by Gasteiger charge is -2.10. The SMILES string of the molecule is CCC1C=NC=Cc2ccccc21. The van der Waals surface area contributed by atoms with E-state index in [1.54, 1.807) is 0 Å². The molecule has 1 aromatic rings. The molecule has 0 aromatic heterocycles. The molecule has 0 radical (unpaired) electrons. The van der Waals surface area contributed by atoms with Crippen LogP contribution in [0.1, 0.15) is 30.4 Å². The summed E-state index contributed by atoms with van der Waals surface area (Å²) in [6.45, 7) is 2.19. The van der Waals surface area contributed by atoms with Crippen LogP contribution in [0.2, 0.25) is 0 Å². The van der Waals surface area contributed by atoms with Gasteiger partial charge in [0.15, 0.2) is 0 Å². The van der Waals surface area contributed by atoms with Crippen LogP contribution in [0.4, 0.5) is 0 Å². The van der Waals surface area contributed by atoms with E-state index in [1.165, 1.54) is 11.1 Å². The third kappa shape index (κ3) is 1.55. The van der Waals surface area contributed by atoms with Crippen LogP contribution in [0, 0.1) is 0 Å². The van der Waals surface area contributed by atoms with Gasteiger partial charge >= 0.3 is 0 Å². The van der Waals surface area contributed by atoms with Crippen molar-refractivity contribution < 1.29 is 0 Å². The summed E-state index contributed by atoms with van der Waals surface area (Å²) >= 11 is 0. The van der Waals surface area contributed by atoms with E-state index in [0.717, 1.165) is 6.42 Å². The topological polar surface area (TPSA) is 12.4 Å². The molecule has 1 aliphatic heterocycles. The zero-order valence-corrected chi connectivity index (χ0v) is 7.77. The number of nitrogens with zero attached hydrogens (tertiary/aromatic N) is 1. The summed E-state index contributed by atoms with van der Waals surface area (Å²) in [5, 5.41) is 0. The molecule has 0 fully saturated rings. The van der Waals surface area contributed by atoms with E-state index in [2.05, 4.69) is 42.3 Å². The zero-order valence-electron chi connectivity index (χ0n) is 7.77. The van der Waals surface area contributed by atoms with Gasteiger partial charge in [-0.1, -0.05) is 31.2 Å². The van der Waals surface area contributed by atoms with Gasteiger partial charge in [-0.3, -0.25) is 4.99 Å². The molecule has 1 heteroatoms. The van der Waals surface area contributed by atoms with Gasteiger partial charge in [-0.15, -0.1) is 0 Å². The molecular formula is C12H13N. The van der Waals surface area contributed by atoms with E-state index in [4.69, 9.17) is 0 Å². The van der Waals surface area contributed by atoms with Crippen molar-refractivity contribution >= 4 is 12.3 Å². The predicted molar refractivity (Wildman–Crippen MR) is 57.0 cm³/mol. The summed E-state index contributed by atoms with van der Waals surface area (Å²) in [6.07, 6.45) is 7.08. The van der Waals surface area contributed by atoms with Crippen molar-refractivity contribution in [1.82, 2.24) is 0 Å². The lowest BCUT2D eigenvalue weighted by atomic mass is 9.93. The highest BCUT2D eigenvalue weighted by Crippen LogP contribution is 2.24. The first-order chi connectivity index (χ1) is 6.42. The molecule has 1 unspecified atom stereocenters. The van der Waals surface area contributed by atoms with Gasteiger partial charge in [0.05, 0.1) is 0 Å². The van der Waals surface area contributed by atoms with Gasteiger partial charge < -0.3 is 0 Å². The van der Waals surface area contributed by atoms with E-state index in [0.29, 0.717) is 5.92 Å². The number of fused-ring (bicyclic) bond motifs is 1. The Balaban J connectivity index is 2.50. The molecule has 2 rings (SSSR count). The van der Waals surface area contributed by atoms with E-state index in [1.807, 2.05) is 12.4 Å². The first kappa shape index (κ1) is 8.24. The van der Waals surface area contributed by atoms with E-state index in [9.17, 15) is 0 Å². The molecule has 1 nitrogen and oxygen atoms in total. The highest BCUT2D eigenvalue weighted by Gasteiger charge is 2.10. The summed E-state index contributed by atoms with van der Waals surface area (Å²) in [7, 11) is 0. The molecule has 1 aliphatic rings. The highest BCUT2D eigenvalue weighted by molar-refractivity contribution is 5.74. The van der Waals surface area contributed by atoms with E-state index >= 15 is 0 Å². The number of hydrogen-bond acceptors (Lipinski definition) is 1. The molecule has 1 heterocycles. The number of rotatable bonds is 1. The van der Waals surface area contributed by atoms with Crippen molar-refractivity contribution in [3.63, 3.8) is 0 Å². The molecular weight excluding hydrogens is 158 g/mol. The second-order valence-corrected chi connectivity index (χ2v) is 3.26. The molecule has 13 heavy (non-hydrogen) atoms. The fourth-order valence-corrected chi connectivity index (χ4v) is 1.68. The van der Waals surface area contributed by atoms with Crippen LogP contribution < -0.4 is 0 Å². The van der Waals surface area contributed by atoms with Crippen LogP contribution in [0.25, 0.3) is 6.08 Å². The first-order valence-corrected chi connectivity index (χ1v) is 4.70. The Hall–Kier alpha value is -1.37. The van der Waals surface area contributed by atoms with E-state index in [-0.39, 0.29) is 0 Å². The van der Waals surface area contributed by atoms with Crippen molar-refractivity contribution in [2.75, 3.05) is 0 Å². The standard InChI is InChI=1S/C12H13N/c1-2-10-9-13-8-7-11-5-3-4-6-12(10)11/h3-10H,2H2,1H3. The molecule has 0 saturated carbocycles. The lowest BCUT2D eigenvalue weighted by molar-refractivity contribution is 0.858. The van der Waals surface area contributed by atoms with Gasteiger partial charge in [0, 0.05) is 18.3 Å². The van der Waals surface area contributed by atoms with Crippen molar-refractivity contribution in [2.24, 2.45) is 4.99 Å². The van der Waals surface area contributed by atoms with Gasteiger partial charge in [-0.25, -0.2) is 0 Å². The maximum absolute atomic E-state index is 4.23. The fraction of sp³-hybridized carbons (Fsp3) is 0.250. The second kappa shape index (κ2) is 3.56. The maximum Gasteiger partial charge on any atom is 0.0270 e. The van der Waals surface area contributed by atoms with Crippen molar-refractivity contribution in [2.45, 2.75) is 19.3 Å². The summed E-state index contributed by atoms with van der Waals surface area (Å²) in [5.41, 5.74) is 2.69. The minimum atomic E-state index is 0.478. The van der Waals surface area contributed by atoms with E-state index < -0.39 is 0 Å². The van der Waals surface area contributed by atoms with Crippen LogP contribution in [0.15, 0.2) is 35.5 Å². The van der Waals surface area contributed by atoms with Crippen molar-refractivity contribution in [3.8, 4) is 0 Å². The van der Waals surface area contributed by atoms with Gasteiger partial charge in [-0.2, -0.15) is 0 Å². The Morgan fingerprint density at radius 1 is 1.31 bits per heavy atom. The maximum atomic E-state index is 4.23. The first-order valence-electron chi connectivity index (χ1n) is 4.70. The van der Waals surface area contributed by atoms with Gasteiger partial charge in [0.1, 0.15) is 0 Å². The highest BCUT2D eigenvalue weighted by atomic mass is 14.7. The average Bonchev–Trinajstić information content (AvgIpc) is 2.39. The number of aliphatic imine (C=N–C) groups is 1. The summed E-state index contributed by atoms with van der Waals surface area (Å²) in [4.78, 5) is 4.23. The van der Waals surface area contributed by atoms with Gasteiger partial charge in [-0.05, 0) is 23.6 Å². The molecule has 1 atom stereocenters. The number of hydrogen-bond donors (Lipinski definition) is 0. The van der Waals surface area contributed by atoms with Gasteiger partial charge in [0.2, 0.25) is 0 Å². The molecule has 0 saturated heterocycles. The quantitative estimate of drug-likeness (QED) is 0.615. The lowest BCUT2D eigenvalue weighted by Crippen LogP contribution is -1.99. The molecule has 0 N–H and O–H groups in total. The second-order valence-electron chi connectivity index (χ2n) is 3.26. The number of benzene rings is 1. The summed E-state index contributed by atoms with van der Waals surface area (Å²) in [5.74, 6) is 0.478. The largest absolute Gasteiger partial charge is 0.268 e. The summed E-state index contributed by atoms with van der Waals surface area (Å²) < 4.78 is 0. The Morgan fingerprint density at radius 2 is 2.15 bits per heavy atom. The molecule has 1 aromatic carbocycles. The minimum absolute atomic E-state index is 0.478. The summed E-state index contributed by atoms with van der Waals surface area (Å²) in [6, 6.07) is 8.49. The van der Waals surface area contributed by atoms with Crippen LogP contribution in [-0.2, 0) is 0 Å². The Bertz CT molecular complexity index is 350. The van der Waals surface area contributed by atoms with Crippen LogP contribution in [0.5, 0.6) is 0 Å². The smallest absolute Gasteiger partial charge is 0.0270 e. The third-order valence-electron chi connectivity index (χ3n) is 2.44. The zero-order chi connectivity index (χ0) is 9.10. The molecule has 0 amide bonds. The van der Waals surface area contributed by atoms with Crippen molar-refractivity contribution in [3.05, 3.63) is 41.6 Å². The Labute approximate surface area is 78.8 Å². The Kier molecular flexibility index (Phi) is 2.26. The fourth-order valence-electron chi connectivity index (χ4n) is 1.68. The monoisotopic (exact) mass is 171 g/mol. The van der Waals surface area contributed by atoms with Crippen molar-refractivity contribution in [1.29, 1.82) is 0 Å². The predicted octanol–water partition coefficient (Wildman–Crippen LogP) is 3.24. The molecule has 0 spiro atoms.